The first-order chi connectivity index (χ1) is 13.5. The number of carbonyl (C=O) groups is 3. The molecule has 1 unspecified atom stereocenters. The first-order valence-electron chi connectivity index (χ1n) is 9.05. The van der Waals surface area contributed by atoms with Gasteiger partial charge in [-0.05, 0) is 39.8 Å². The maximum Gasteiger partial charge on any atom is 0.344 e. The summed E-state index contributed by atoms with van der Waals surface area (Å²) in [6.07, 6.45) is -1.08. The van der Waals surface area contributed by atoms with Gasteiger partial charge < -0.3 is 30.0 Å². The van der Waals surface area contributed by atoms with Gasteiger partial charge in [0.15, 0.2) is 6.61 Å². The SMILES string of the molecule is Cc1c(C(=O)C(N)=O)c2c(OCC(=O)OC(C)(C)C)cccc2n1CC(O)CO. The number of aliphatic hydroxyl groups excluding tert-OH is 2. The Morgan fingerprint density at radius 2 is 1.90 bits per heavy atom. The number of aromatic nitrogens is 1. The van der Waals surface area contributed by atoms with Crippen LogP contribution in [-0.2, 0) is 20.9 Å². The Morgan fingerprint density at radius 1 is 1.24 bits per heavy atom. The molecule has 0 saturated heterocycles. The molecule has 0 bridgehead atoms. The molecule has 0 radical (unpaired) electrons. The zero-order chi connectivity index (χ0) is 21.9. The van der Waals surface area contributed by atoms with Crippen LogP contribution in [0.15, 0.2) is 18.2 Å². The smallest absolute Gasteiger partial charge is 0.344 e. The number of ether oxygens (including phenoxy) is 2. The van der Waals surface area contributed by atoms with E-state index in [0.29, 0.717) is 16.6 Å². The van der Waals surface area contributed by atoms with Gasteiger partial charge in [-0.1, -0.05) is 6.07 Å². The second kappa shape index (κ2) is 8.62. The van der Waals surface area contributed by atoms with Crippen LogP contribution in [0.3, 0.4) is 0 Å². The molecule has 4 N–H and O–H groups in total. The topological polar surface area (TPSA) is 141 Å². The molecule has 0 aliphatic carbocycles. The molecule has 2 rings (SSSR count). The molecule has 1 heterocycles. The van der Waals surface area contributed by atoms with Crippen LogP contribution in [0, 0.1) is 6.92 Å². The van der Waals surface area contributed by atoms with Crippen LogP contribution < -0.4 is 10.5 Å². The summed E-state index contributed by atoms with van der Waals surface area (Å²) in [4.78, 5) is 36.1. The molecule has 0 spiro atoms. The minimum absolute atomic E-state index is 0.0135. The summed E-state index contributed by atoms with van der Waals surface area (Å²) in [7, 11) is 0. The highest BCUT2D eigenvalue weighted by Crippen LogP contribution is 2.34. The number of ketones is 1. The molecule has 1 aromatic carbocycles. The van der Waals surface area contributed by atoms with Gasteiger partial charge in [0.2, 0.25) is 0 Å². The fourth-order valence-corrected chi connectivity index (χ4v) is 3.03. The maximum absolute atomic E-state index is 12.5. The fraction of sp³-hybridized carbons (Fsp3) is 0.450. The summed E-state index contributed by atoms with van der Waals surface area (Å²) in [5.41, 5.74) is 5.42. The van der Waals surface area contributed by atoms with E-state index in [-0.39, 0.29) is 17.9 Å². The standard InChI is InChI=1S/C20H26N2O7/c1-11-16(18(26)19(21)27)17-13(22(11)8-12(24)9-23)6-5-7-14(17)28-10-15(25)29-20(2,3)4/h5-7,12,23-24H,8-10H2,1-4H3,(H2,21,27). The Hall–Kier alpha value is -2.91. The Kier molecular flexibility index (Phi) is 6.66. The van der Waals surface area contributed by atoms with Crippen molar-refractivity contribution < 1.29 is 34.1 Å². The maximum atomic E-state index is 12.5. The van der Waals surface area contributed by atoms with E-state index >= 15 is 0 Å². The first-order valence-corrected chi connectivity index (χ1v) is 9.05. The lowest BCUT2D eigenvalue weighted by atomic mass is 10.1. The number of fused-ring (bicyclic) bond motifs is 1. The van der Waals surface area contributed by atoms with E-state index in [1.807, 2.05) is 0 Å². The van der Waals surface area contributed by atoms with Crippen molar-refractivity contribution >= 4 is 28.6 Å². The van der Waals surface area contributed by atoms with E-state index in [1.165, 1.54) is 0 Å². The van der Waals surface area contributed by atoms with Crippen molar-refractivity contribution in [2.24, 2.45) is 5.73 Å². The fourth-order valence-electron chi connectivity index (χ4n) is 3.03. The Morgan fingerprint density at radius 3 is 2.45 bits per heavy atom. The van der Waals surface area contributed by atoms with Crippen LogP contribution in [0.2, 0.25) is 0 Å². The third-order valence-corrected chi connectivity index (χ3v) is 4.13. The predicted molar refractivity (Wildman–Crippen MR) is 105 cm³/mol. The molecule has 9 nitrogen and oxygen atoms in total. The van der Waals surface area contributed by atoms with Gasteiger partial charge in [0.25, 0.3) is 11.7 Å². The molecule has 1 atom stereocenters. The zero-order valence-electron chi connectivity index (χ0n) is 16.9. The third kappa shape index (κ3) is 5.12. The first kappa shape index (κ1) is 22.4. The van der Waals surface area contributed by atoms with Gasteiger partial charge in [-0.2, -0.15) is 0 Å². The molecule has 158 valence electrons. The highest BCUT2D eigenvalue weighted by molar-refractivity contribution is 6.45. The molecular formula is C20H26N2O7. The van der Waals surface area contributed by atoms with Crippen LogP contribution >= 0.6 is 0 Å². The summed E-state index contributed by atoms with van der Waals surface area (Å²) in [5, 5.41) is 19.3. The lowest BCUT2D eigenvalue weighted by Gasteiger charge is -2.19. The molecule has 0 aliphatic heterocycles. The average Bonchev–Trinajstić information content (AvgIpc) is 2.90. The summed E-state index contributed by atoms with van der Waals surface area (Å²) in [6.45, 7) is 5.89. The number of nitrogens with zero attached hydrogens (tertiary/aromatic N) is 1. The van der Waals surface area contributed by atoms with Crippen molar-refractivity contribution in [1.29, 1.82) is 0 Å². The van der Waals surface area contributed by atoms with Gasteiger partial charge in [0, 0.05) is 5.69 Å². The number of nitrogens with two attached hydrogens (primary N) is 1. The molecule has 0 fully saturated rings. The molecular weight excluding hydrogens is 380 g/mol. The Balaban J connectivity index is 2.54. The molecule has 29 heavy (non-hydrogen) atoms. The molecule has 0 saturated carbocycles. The minimum Gasteiger partial charge on any atom is -0.481 e. The number of primary amides is 1. The Bertz CT molecular complexity index is 940. The number of hydrogen-bond acceptors (Lipinski definition) is 7. The van der Waals surface area contributed by atoms with Crippen LogP contribution in [0.1, 0.15) is 36.8 Å². The van der Waals surface area contributed by atoms with Gasteiger partial charge in [-0.25, -0.2) is 4.79 Å². The van der Waals surface area contributed by atoms with Gasteiger partial charge in [-0.15, -0.1) is 0 Å². The number of benzene rings is 1. The molecule has 2 aromatic rings. The highest BCUT2D eigenvalue weighted by Gasteiger charge is 2.27. The third-order valence-electron chi connectivity index (χ3n) is 4.13. The van der Waals surface area contributed by atoms with E-state index in [1.54, 1.807) is 50.5 Å². The lowest BCUT2D eigenvalue weighted by Crippen LogP contribution is -2.27. The van der Waals surface area contributed by atoms with Gasteiger partial charge in [-0.3, -0.25) is 9.59 Å². The number of rotatable bonds is 8. The van der Waals surface area contributed by atoms with E-state index in [9.17, 15) is 24.6 Å². The van der Waals surface area contributed by atoms with E-state index in [2.05, 4.69) is 0 Å². The van der Waals surface area contributed by atoms with Crippen molar-refractivity contribution in [3.05, 3.63) is 29.5 Å². The van der Waals surface area contributed by atoms with Gasteiger partial charge in [0.1, 0.15) is 11.4 Å². The van der Waals surface area contributed by atoms with Crippen LogP contribution in [0.5, 0.6) is 5.75 Å². The largest absolute Gasteiger partial charge is 0.481 e. The number of carbonyl (C=O) groups excluding carboxylic acids is 3. The lowest BCUT2D eigenvalue weighted by molar-refractivity contribution is -0.157. The number of Topliss-reactive ketones (excluding diaryl/α,β-unsaturated/α-hetero) is 1. The molecule has 1 aromatic heterocycles. The number of esters is 1. The summed E-state index contributed by atoms with van der Waals surface area (Å²) >= 11 is 0. The Labute approximate surface area is 168 Å². The van der Waals surface area contributed by atoms with Gasteiger partial charge >= 0.3 is 5.97 Å². The summed E-state index contributed by atoms with van der Waals surface area (Å²) in [6, 6.07) is 4.87. The molecule has 0 aliphatic rings. The molecule has 9 heteroatoms. The zero-order valence-corrected chi connectivity index (χ0v) is 16.9. The van der Waals surface area contributed by atoms with E-state index in [4.69, 9.17) is 15.2 Å². The number of hydrogen-bond donors (Lipinski definition) is 3. The van der Waals surface area contributed by atoms with Crippen molar-refractivity contribution in [3.8, 4) is 5.75 Å². The monoisotopic (exact) mass is 406 g/mol. The highest BCUT2D eigenvalue weighted by atomic mass is 16.6. The van der Waals surface area contributed by atoms with Crippen molar-refractivity contribution in [2.75, 3.05) is 13.2 Å². The van der Waals surface area contributed by atoms with E-state index in [0.717, 1.165) is 0 Å². The van der Waals surface area contributed by atoms with E-state index < -0.39 is 42.6 Å². The van der Waals surface area contributed by atoms with Crippen LogP contribution in [0.25, 0.3) is 10.9 Å². The van der Waals surface area contributed by atoms with Crippen molar-refractivity contribution in [2.45, 2.75) is 45.9 Å². The van der Waals surface area contributed by atoms with Crippen LogP contribution in [-0.4, -0.2) is 57.4 Å². The number of aliphatic hydroxyl groups is 2. The van der Waals surface area contributed by atoms with Crippen molar-refractivity contribution in [3.63, 3.8) is 0 Å². The second-order valence-electron chi connectivity index (χ2n) is 7.63. The number of amides is 1. The van der Waals surface area contributed by atoms with Crippen molar-refractivity contribution in [1.82, 2.24) is 4.57 Å². The predicted octanol–water partition coefficient (Wildman–Crippen LogP) is 0.691. The normalized spacial score (nSPS) is 12.6. The minimum atomic E-state index is -1.14. The van der Waals surface area contributed by atoms with Crippen LogP contribution in [0.4, 0.5) is 0 Å². The summed E-state index contributed by atoms with van der Waals surface area (Å²) < 4.78 is 12.4. The quantitative estimate of drug-likeness (QED) is 0.333. The average molecular weight is 406 g/mol. The van der Waals surface area contributed by atoms with Gasteiger partial charge in [0.05, 0.1) is 35.7 Å². The second-order valence-corrected chi connectivity index (χ2v) is 7.63. The molecule has 1 amide bonds. The summed E-state index contributed by atoms with van der Waals surface area (Å²) in [5.74, 6) is -2.46.